The Balaban J connectivity index is 2.04. The van der Waals surface area contributed by atoms with Gasteiger partial charge < -0.3 is 52.8 Å². The maximum absolute atomic E-state index is 14.1. The molecule has 1 heterocycles. The number of nitrogens with zero attached hydrogens (tertiary/aromatic N) is 3. The minimum atomic E-state index is -1.14. The summed E-state index contributed by atoms with van der Waals surface area (Å²) in [6, 6.07) is -1.14. The molecule has 1 saturated heterocycles. The summed E-state index contributed by atoms with van der Waals surface area (Å²) < 4.78 is 7.16. The molecular weight excluding hydrogens is 1410 g/mol. The molecule has 0 aliphatic carbocycles. The zero-order valence-electron chi connectivity index (χ0n) is 29.8. The smallest absolute Gasteiger partial charge is 0.254 e. The van der Waals surface area contributed by atoms with Gasteiger partial charge in [0.15, 0.2) is 11.9 Å². The van der Waals surface area contributed by atoms with E-state index >= 15 is 0 Å². The Morgan fingerprint density at radius 3 is 1.84 bits per heavy atom. The Labute approximate surface area is 403 Å². The first kappa shape index (κ1) is 48.7. The number of rotatable bonds is 14. The Bertz CT molecular complexity index is 1990. The summed E-state index contributed by atoms with van der Waals surface area (Å²) in [5.41, 5.74) is 11.8. The molecule has 0 radical (unpaired) electrons. The lowest BCUT2D eigenvalue weighted by Crippen LogP contribution is -2.50. The molecule has 1 atom stereocenters. The molecule has 2 aromatic carbocycles. The number of hydrogen-bond acceptors (Lipinski definition) is 10. The highest BCUT2D eigenvalue weighted by molar-refractivity contribution is 14.1. The van der Waals surface area contributed by atoms with E-state index in [1.54, 1.807) is 11.8 Å². The minimum absolute atomic E-state index is 0.0202. The van der Waals surface area contributed by atoms with E-state index in [2.05, 4.69) is 36.6 Å². The van der Waals surface area contributed by atoms with Crippen molar-refractivity contribution in [1.82, 2.24) is 26.2 Å². The number of aliphatic hydroxyl groups is 1. The lowest BCUT2D eigenvalue weighted by Gasteiger charge is -2.24. The predicted molar refractivity (Wildman–Crippen MR) is 260 cm³/mol. The van der Waals surface area contributed by atoms with Crippen LogP contribution in [0, 0.1) is 21.4 Å². The van der Waals surface area contributed by atoms with Crippen LogP contribution in [0.5, 0.6) is 0 Å². The van der Waals surface area contributed by atoms with Gasteiger partial charge in [-0.3, -0.25) is 33.8 Å². The van der Waals surface area contributed by atoms with E-state index in [-0.39, 0.29) is 76.1 Å². The second kappa shape index (κ2) is 22.6. The average Bonchev–Trinajstić information content (AvgIpc) is 3.70. The number of benzene rings is 2. The van der Waals surface area contributed by atoms with Crippen LogP contribution in [-0.4, -0.2) is 117 Å². The van der Waals surface area contributed by atoms with Gasteiger partial charge in [-0.25, -0.2) is 4.99 Å². The van der Waals surface area contributed by atoms with Crippen LogP contribution < -0.4 is 38.1 Å². The van der Waals surface area contributed by atoms with E-state index in [0.29, 0.717) is 29.5 Å². The molecule has 0 aromatic heterocycles. The predicted octanol–water partition coefficient (Wildman–Crippen LogP) is 2.45. The summed E-state index contributed by atoms with van der Waals surface area (Å²) in [6.07, 6.45) is 1.61. The fraction of sp³-hybridized carbons (Fsp3) is 0.375. The summed E-state index contributed by atoms with van der Waals surface area (Å²) in [5, 5.41) is 22.6. The van der Waals surface area contributed by atoms with Crippen molar-refractivity contribution in [2.45, 2.75) is 25.8 Å². The van der Waals surface area contributed by atoms with Crippen LogP contribution in [0.1, 0.15) is 61.2 Å². The fourth-order valence-electron chi connectivity index (χ4n) is 5.11. The number of amides is 6. The molecule has 1 aliphatic rings. The number of ether oxygens (including phenoxy) is 1. The van der Waals surface area contributed by atoms with Crippen molar-refractivity contribution in [1.29, 1.82) is 0 Å². The molecule has 1 fully saturated rings. The van der Waals surface area contributed by atoms with Crippen molar-refractivity contribution in [3.8, 4) is 0 Å². The summed E-state index contributed by atoms with van der Waals surface area (Å²) in [6.45, 7) is 1.40. The lowest BCUT2D eigenvalue weighted by atomic mass is 10.1. The van der Waals surface area contributed by atoms with Crippen LogP contribution in [0.3, 0.4) is 0 Å². The second-order valence-electron chi connectivity index (χ2n) is 11.6. The molecule has 0 spiro atoms. The first-order valence-electron chi connectivity index (χ1n) is 16.3. The van der Waals surface area contributed by atoms with Crippen molar-refractivity contribution in [2.24, 2.45) is 21.5 Å². The molecule has 6 amide bonds. The van der Waals surface area contributed by atoms with Gasteiger partial charge in [0.05, 0.1) is 74.7 Å². The molecule has 2 aromatic rings. The van der Waals surface area contributed by atoms with E-state index < -0.39 is 42.1 Å². The highest BCUT2D eigenvalue weighted by atomic mass is 127. The van der Waals surface area contributed by atoms with Crippen molar-refractivity contribution >= 4 is 194 Å². The molecule has 1 aliphatic heterocycles. The Morgan fingerprint density at radius 2 is 1.32 bits per heavy atom. The van der Waals surface area contributed by atoms with Crippen molar-refractivity contribution < 1.29 is 38.6 Å². The number of hydrogen-bond donors (Lipinski definition) is 8. The summed E-state index contributed by atoms with van der Waals surface area (Å²) in [5.74, 6) is -3.57. The molecule has 18 nitrogen and oxygen atoms in total. The van der Waals surface area contributed by atoms with Crippen molar-refractivity contribution in [2.75, 3.05) is 58.8 Å². The molecule has 24 heteroatoms. The third-order valence-electron chi connectivity index (χ3n) is 7.86. The molecule has 0 bridgehead atoms. The largest absolute Gasteiger partial charge is 0.484 e. The second-order valence-corrected chi connectivity index (χ2v) is 18.0. The number of nitrogens with one attached hydrogen (secondary N) is 5. The SMILES string of the molecule is CNC(=O)c1c(I)c(N=C(C)OC)c(I)c(C(=O)NCC(=O)Nc2c(I)c(C(=O)NCCO)c(I)c(C(=O)NC(CN=C(N)N)C(=O)N3CCCC3)c2I)c1I. The number of carbonyl (C=O) groups excluding carboxylic acids is 6. The van der Waals surface area contributed by atoms with Crippen LogP contribution in [-0.2, 0) is 14.3 Å². The van der Waals surface area contributed by atoms with Gasteiger partial charge in [-0.2, -0.15) is 0 Å². The van der Waals surface area contributed by atoms with Gasteiger partial charge >= 0.3 is 0 Å². The molecule has 10 N–H and O–H groups in total. The van der Waals surface area contributed by atoms with E-state index in [1.165, 1.54) is 14.2 Å². The number of anilines is 1. The number of methoxy groups -OCH3 is 1. The Kier molecular flexibility index (Phi) is 19.7. The fourth-order valence-corrected chi connectivity index (χ4v) is 13.9. The van der Waals surface area contributed by atoms with Crippen LogP contribution in [0.4, 0.5) is 11.4 Å². The summed E-state index contributed by atoms with van der Waals surface area (Å²) >= 11 is 11.4. The Hall–Kier alpha value is -1.66. The first-order chi connectivity index (χ1) is 26.4. The molecule has 0 saturated carbocycles. The minimum Gasteiger partial charge on any atom is -0.484 e. The molecule has 56 heavy (non-hydrogen) atoms. The highest BCUT2D eigenvalue weighted by Gasteiger charge is 2.33. The van der Waals surface area contributed by atoms with Gasteiger partial charge in [0.25, 0.3) is 23.6 Å². The number of guanidine groups is 1. The third-order valence-corrected chi connectivity index (χ3v) is 14.3. The van der Waals surface area contributed by atoms with Crippen LogP contribution in [0.25, 0.3) is 0 Å². The van der Waals surface area contributed by atoms with Gasteiger partial charge in [-0.05, 0) is 148 Å². The first-order valence-corrected chi connectivity index (χ1v) is 22.7. The zero-order valence-corrected chi connectivity index (χ0v) is 42.7. The van der Waals surface area contributed by atoms with E-state index in [9.17, 15) is 33.9 Å². The van der Waals surface area contributed by atoms with Gasteiger partial charge in [0, 0.05) is 40.7 Å². The molecule has 304 valence electrons. The Morgan fingerprint density at radius 1 is 0.804 bits per heavy atom. The summed E-state index contributed by atoms with van der Waals surface area (Å²) in [4.78, 5) is 91.2. The van der Waals surface area contributed by atoms with Crippen LogP contribution in [0.15, 0.2) is 9.98 Å². The average molecular weight is 1450 g/mol. The van der Waals surface area contributed by atoms with Crippen molar-refractivity contribution in [3.05, 3.63) is 43.7 Å². The molecule has 3 rings (SSSR count). The third kappa shape index (κ3) is 12.0. The number of carbonyl (C=O) groups is 6. The monoisotopic (exact) mass is 1450 g/mol. The van der Waals surface area contributed by atoms with E-state index in [1.807, 2.05) is 136 Å². The zero-order chi connectivity index (χ0) is 42.0. The van der Waals surface area contributed by atoms with Gasteiger partial charge in [0.1, 0.15) is 6.04 Å². The summed E-state index contributed by atoms with van der Waals surface area (Å²) in [7, 11) is 2.90. The maximum atomic E-state index is 14.1. The standard InChI is InChI=1S/C32H36I6N10O8/c1-12(56-3)45-25-21(35)15(27(51)41-2)19(33)17(22(25)36)29(53)43-11-14(50)47-26-23(37)16(28(52)42-6-9-49)20(34)18(24(26)38)30(54)46-13(10-44-32(39)40)31(55)48-7-4-5-8-48/h13,49H,4-11H2,1-3H3,(H,41,51)(H,42,52)(H,43,53)(H,46,54)(H,47,50)(H4,39,40,44). The highest BCUT2D eigenvalue weighted by Crippen LogP contribution is 2.38. The number of likely N-dealkylation sites (tertiary alicyclic amines) is 1. The number of aliphatic imine (C=N–C) groups is 2. The molecular formula is C32H36I6N10O8. The topological polar surface area (TPSA) is 272 Å². The number of halogens is 6. The number of nitrogens with two attached hydrogens (primary N) is 2. The lowest BCUT2D eigenvalue weighted by molar-refractivity contribution is -0.131. The number of aliphatic hydroxyl groups excluding tert-OH is 1. The van der Waals surface area contributed by atoms with Gasteiger partial charge in [0.2, 0.25) is 11.8 Å². The molecule has 1 unspecified atom stereocenters. The van der Waals surface area contributed by atoms with Gasteiger partial charge in [-0.1, -0.05) is 0 Å². The van der Waals surface area contributed by atoms with Crippen LogP contribution in [0.2, 0.25) is 0 Å². The van der Waals surface area contributed by atoms with Gasteiger partial charge in [-0.15, -0.1) is 0 Å². The quantitative estimate of drug-likeness (QED) is 0.0778. The van der Waals surface area contributed by atoms with Crippen molar-refractivity contribution in [3.63, 3.8) is 0 Å². The maximum Gasteiger partial charge on any atom is 0.254 e. The van der Waals surface area contributed by atoms with Crippen LogP contribution >= 0.6 is 136 Å². The normalized spacial score (nSPS) is 13.0. The van der Waals surface area contributed by atoms with E-state index in [4.69, 9.17) is 16.2 Å². The van der Waals surface area contributed by atoms with E-state index in [0.717, 1.165) is 12.8 Å².